The molecule has 0 fully saturated rings. The molecule has 1 aromatic heterocycles. The molecule has 0 saturated heterocycles. The second-order valence-corrected chi connectivity index (χ2v) is 7.27. The number of anilines is 1. The van der Waals surface area contributed by atoms with Gasteiger partial charge in [-0.3, -0.25) is 4.79 Å². The van der Waals surface area contributed by atoms with E-state index in [2.05, 4.69) is 19.2 Å². The number of rotatable bonds is 2. The van der Waals surface area contributed by atoms with Gasteiger partial charge >= 0.3 is 0 Å². The molecule has 0 unspecified atom stereocenters. The highest BCUT2D eigenvalue weighted by Crippen LogP contribution is 2.44. The van der Waals surface area contributed by atoms with Crippen molar-refractivity contribution in [3.8, 4) is 0 Å². The van der Waals surface area contributed by atoms with E-state index < -0.39 is 6.10 Å². The van der Waals surface area contributed by atoms with Gasteiger partial charge in [-0.15, -0.1) is 0 Å². The normalized spacial score (nSPS) is 19.3. The molecule has 1 aromatic carbocycles. The molecule has 0 saturated carbocycles. The molecular weight excluding hydrogens is 290 g/mol. The Morgan fingerprint density at radius 2 is 1.91 bits per heavy atom. The van der Waals surface area contributed by atoms with Crippen LogP contribution >= 0.6 is 0 Å². The molecule has 1 aliphatic carbocycles. The summed E-state index contributed by atoms with van der Waals surface area (Å²) in [7, 11) is 0. The number of aliphatic hydroxyl groups excluding tert-OH is 1. The molecule has 0 bridgehead atoms. The zero-order chi connectivity index (χ0) is 16.8. The molecule has 3 rings (SSSR count). The Hall–Kier alpha value is -2.07. The predicted molar refractivity (Wildman–Crippen MR) is 89.6 cm³/mol. The van der Waals surface area contributed by atoms with Crippen LogP contribution in [0.2, 0.25) is 0 Å². The molecule has 1 aliphatic rings. The Morgan fingerprint density at radius 3 is 2.57 bits per heavy atom. The van der Waals surface area contributed by atoms with Crippen molar-refractivity contribution in [2.75, 3.05) is 5.32 Å². The van der Waals surface area contributed by atoms with E-state index in [0.29, 0.717) is 12.2 Å². The molecule has 1 amide bonds. The Labute approximate surface area is 136 Å². The molecule has 0 spiro atoms. The van der Waals surface area contributed by atoms with Crippen molar-refractivity contribution >= 4 is 11.6 Å². The molecule has 0 radical (unpaired) electrons. The standard InChI is InChI=1S/C19H23NO3/c1-11-5-7-13(8-6-11)20-18(22)17-12(2)16-14(21)9-19(3,4)10-15(16)23-17/h5-8,14,21H,9-10H2,1-4H3,(H,20,22)/t14-/m0/s1. The van der Waals surface area contributed by atoms with Gasteiger partial charge in [0.1, 0.15) is 5.76 Å². The van der Waals surface area contributed by atoms with E-state index >= 15 is 0 Å². The third kappa shape index (κ3) is 3.04. The molecule has 0 aliphatic heterocycles. The lowest BCUT2D eigenvalue weighted by Gasteiger charge is -2.31. The number of fused-ring (bicyclic) bond motifs is 1. The average molecular weight is 313 g/mol. The van der Waals surface area contributed by atoms with Gasteiger partial charge in [-0.25, -0.2) is 0 Å². The summed E-state index contributed by atoms with van der Waals surface area (Å²) in [5.41, 5.74) is 3.38. The van der Waals surface area contributed by atoms with Crippen LogP contribution in [0.25, 0.3) is 0 Å². The lowest BCUT2D eigenvalue weighted by Crippen LogP contribution is -2.24. The fourth-order valence-electron chi connectivity index (χ4n) is 3.33. The number of hydrogen-bond donors (Lipinski definition) is 2. The van der Waals surface area contributed by atoms with Crippen LogP contribution in [-0.2, 0) is 6.42 Å². The first-order valence-electron chi connectivity index (χ1n) is 7.95. The summed E-state index contributed by atoms with van der Waals surface area (Å²) in [5, 5.41) is 13.3. The highest BCUT2D eigenvalue weighted by Gasteiger charge is 2.37. The minimum atomic E-state index is -0.571. The minimum absolute atomic E-state index is 0.0264. The zero-order valence-electron chi connectivity index (χ0n) is 14.1. The van der Waals surface area contributed by atoms with Gasteiger partial charge in [0.2, 0.25) is 0 Å². The van der Waals surface area contributed by atoms with Crippen molar-refractivity contribution in [1.29, 1.82) is 0 Å². The number of amides is 1. The molecule has 4 nitrogen and oxygen atoms in total. The van der Waals surface area contributed by atoms with E-state index in [0.717, 1.165) is 34.6 Å². The number of furan rings is 1. The van der Waals surface area contributed by atoms with Crippen LogP contribution in [0.1, 0.15) is 59.4 Å². The van der Waals surface area contributed by atoms with E-state index in [4.69, 9.17) is 4.42 Å². The molecular formula is C19H23NO3. The lowest BCUT2D eigenvalue weighted by molar-refractivity contribution is 0.0910. The number of aliphatic hydroxyl groups is 1. The summed E-state index contributed by atoms with van der Waals surface area (Å²) in [6, 6.07) is 7.62. The molecule has 2 aromatic rings. The summed E-state index contributed by atoms with van der Waals surface area (Å²) in [5.74, 6) is 0.762. The first-order valence-corrected chi connectivity index (χ1v) is 7.95. The van der Waals surface area contributed by atoms with Gasteiger partial charge in [-0.2, -0.15) is 0 Å². The van der Waals surface area contributed by atoms with Crippen molar-refractivity contribution in [2.24, 2.45) is 5.41 Å². The van der Waals surface area contributed by atoms with Gasteiger partial charge in [0, 0.05) is 23.2 Å². The van der Waals surface area contributed by atoms with Gasteiger partial charge in [0.15, 0.2) is 5.76 Å². The van der Waals surface area contributed by atoms with Gasteiger partial charge in [0.05, 0.1) is 6.10 Å². The minimum Gasteiger partial charge on any atom is -0.455 e. The highest BCUT2D eigenvalue weighted by atomic mass is 16.4. The fourth-order valence-corrected chi connectivity index (χ4v) is 3.33. The number of carbonyl (C=O) groups excluding carboxylic acids is 1. The Balaban J connectivity index is 1.89. The van der Waals surface area contributed by atoms with Crippen LogP contribution in [0.4, 0.5) is 5.69 Å². The van der Waals surface area contributed by atoms with Crippen molar-refractivity contribution in [3.05, 3.63) is 52.5 Å². The lowest BCUT2D eigenvalue weighted by atomic mass is 9.75. The van der Waals surface area contributed by atoms with Crippen molar-refractivity contribution in [3.63, 3.8) is 0 Å². The summed E-state index contributed by atoms with van der Waals surface area (Å²) >= 11 is 0. The molecule has 23 heavy (non-hydrogen) atoms. The Morgan fingerprint density at radius 1 is 1.26 bits per heavy atom. The van der Waals surface area contributed by atoms with Gasteiger partial charge in [-0.05, 0) is 37.8 Å². The van der Waals surface area contributed by atoms with Crippen LogP contribution < -0.4 is 5.32 Å². The van der Waals surface area contributed by atoms with Gasteiger partial charge in [-0.1, -0.05) is 31.5 Å². The summed E-state index contributed by atoms with van der Waals surface area (Å²) in [4.78, 5) is 12.5. The van der Waals surface area contributed by atoms with Crippen molar-refractivity contribution in [1.82, 2.24) is 0 Å². The fraction of sp³-hybridized carbons (Fsp3) is 0.421. The van der Waals surface area contributed by atoms with Gasteiger partial charge in [0.25, 0.3) is 5.91 Å². The number of hydrogen-bond acceptors (Lipinski definition) is 3. The molecule has 1 heterocycles. The number of nitrogens with one attached hydrogen (secondary N) is 1. The highest BCUT2D eigenvalue weighted by molar-refractivity contribution is 6.03. The summed E-state index contributed by atoms with van der Waals surface area (Å²) < 4.78 is 5.83. The van der Waals surface area contributed by atoms with Crippen LogP contribution in [-0.4, -0.2) is 11.0 Å². The largest absolute Gasteiger partial charge is 0.455 e. The maximum Gasteiger partial charge on any atom is 0.291 e. The number of aryl methyl sites for hydroxylation is 1. The summed E-state index contributed by atoms with van der Waals surface area (Å²) in [6.45, 7) is 8.04. The van der Waals surface area contributed by atoms with E-state index in [9.17, 15) is 9.90 Å². The average Bonchev–Trinajstić information content (AvgIpc) is 2.77. The first-order chi connectivity index (χ1) is 10.8. The number of carbonyl (C=O) groups is 1. The van der Waals surface area contributed by atoms with Crippen LogP contribution in [0, 0.1) is 19.3 Å². The van der Waals surface area contributed by atoms with E-state index in [1.54, 1.807) is 0 Å². The monoisotopic (exact) mass is 313 g/mol. The topological polar surface area (TPSA) is 62.5 Å². The van der Waals surface area contributed by atoms with Gasteiger partial charge < -0.3 is 14.8 Å². The van der Waals surface area contributed by atoms with Crippen LogP contribution in [0.3, 0.4) is 0 Å². The quantitative estimate of drug-likeness (QED) is 0.875. The Kier molecular flexibility index (Phi) is 3.80. The molecule has 2 N–H and O–H groups in total. The second-order valence-electron chi connectivity index (χ2n) is 7.27. The van der Waals surface area contributed by atoms with Crippen molar-refractivity contribution in [2.45, 2.75) is 46.6 Å². The summed E-state index contributed by atoms with van der Waals surface area (Å²) in [6.07, 6.45) is 0.843. The Bertz CT molecular complexity index is 741. The third-order valence-electron chi connectivity index (χ3n) is 4.50. The second kappa shape index (κ2) is 5.53. The van der Waals surface area contributed by atoms with E-state index in [-0.39, 0.29) is 11.3 Å². The third-order valence-corrected chi connectivity index (χ3v) is 4.50. The number of benzene rings is 1. The van der Waals surface area contributed by atoms with Crippen molar-refractivity contribution < 1.29 is 14.3 Å². The predicted octanol–water partition coefficient (Wildman–Crippen LogP) is 4.15. The SMILES string of the molecule is Cc1ccc(NC(=O)c2oc3c(c2C)[C@@H](O)CC(C)(C)C3)cc1. The maximum absolute atomic E-state index is 12.5. The van der Waals surface area contributed by atoms with E-state index in [1.807, 2.05) is 38.1 Å². The van der Waals surface area contributed by atoms with Crippen LogP contribution in [0.15, 0.2) is 28.7 Å². The zero-order valence-corrected chi connectivity index (χ0v) is 14.1. The van der Waals surface area contributed by atoms with E-state index in [1.165, 1.54) is 0 Å². The molecule has 122 valence electrons. The smallest absolute Gasteiger partial charge is 0.291 e. The molecule has 1 atom stereocenters. The maximum atomic E-state index is 12.5. The van der Waals surface area contributed by atoms with Crippen LogP contribution in [0.5, 0.6) is 0 Å². The first kappa shape index (κ1) is 15.8. The molecule has 4 heteroatoms.